The third kappa shape index (κ3) is 6.71. The minimum atomic E-state index is -3.53. The molecule has 1 heterocycles. The summed E-state index contributed by atoms with van der Waals surface area (Å²) >= 11 is 0. The van der Waals surface area contributed by atoms with Crippen LogP contribution in [0.15, 0.2) is 47.4 Å². The first-order valence-corrected chi connectivity index (χ1v) is 13.0. The van der Waals surface area contributed by atoms with Crippen LogP contribution in [0.4, 0.5) is 0 Å². The van der Waals surface area contributed by atoms with Crippen molar-refractivity contribution in [2.45, 2.75) is 49.8 Å². The lowest BCUT2D eigenvalue weighted by Gasteiger charge is -2.26. The number of carbonyl (C=O) groups is 1. The van der Waals surface area contributed by atoms with E-state index in [4.69, 9.17) is 9.47 Å². The van der Waals surface area contributed by atoms with Crippen LogP contribution < -0.4 is 14.8 Å². The van der Waals surface area contributed by atoms with Crippen molar-refractivity contribution in [1.29, 1.82) is 0 Å². The lowest BCUT2D eigenvalue weighted by Crippen LogP contribution is -2.35. The van der Waals surface area contributed by atoms with Crippen molar-refractivity contribution in [1.82, 2.24) is 9.62 Å². The molecule has 0 unspecified atom stereocenters. The minimum Gasteiger partial charge on any atom is -0.496 e. The summed E-state index contributed by atoms with van der Waals surface area (Å²) in [5, 5.41) is 2.95. The summed E-state index contributed by atoms with van der Waals surface area (Å²) in [6, 6.07) is 12.8. The number of sulfonamides is 1. The number of benzene rings is 2. The standard InChI is InChI=1S/C25H34N2O5S/c1-31-23-11-5-4-9-20(23)10-8-16-26-25(28)15-12-21-19-22(13-14-24(21)32-2)33(29,30)27-17-6-3-7-18-27/h4-5,9,11,13-14,19H,3,6-8,10,12,15-18H2,1-2H3,(H,26,28). The molecule has 2 aromatic rings. The van der Waals surface area contributed by atoms with Crippen molar-refractivity contribution in [3.8, 4) is 11.5 Å². The summed E-state index contributed by atoms with van der Waals surface area (Å²) < 4.78 is 38.3. The number of amides is 1. The highest BCUT2D eigenvalue weighted by Crippen LogP contribution is 2.27. The van der Waals surface area contributed by atoms with Gasteiger partial charge < -0.3 is 14.8 Å². The number of piperidine rings is 1. The Hall–Kier alpha value is -2.58. The number of nitrogens with zero attached hydrogens (tertiary/aromatic N) is 1. The maximum atomic E-state index is 13.0. The summed E-state index contributed by atoms with van der Waals surface area (Å²) in [6.45, 7) is 1.68. The molecule has 0 spiro atoms. The Morgan fingerprint density at radius 2 is 1.64 bits per heavy atom. The normalized spacial score (nSPS) is 14.6. The number of aryl methyl sites for hydroxylation is 2. The average molecular weight is 475 g/mol. The van der Waals surface area contributed by atoms with E-state index >= 15 is 0 Å². The highest BCUT2D eigenvalue weighted by molar-refractivity contribution is 7.89. The van der Waals surface area contributed by atoms with E-state index in [2.05, 4.69) is 5.32 Å². The zero-order valence-electron chi connectivity index (χ0n) is 19.5. The van der Waals surface area contributed by atoms with Crippen LogP contribution in [0, 0.1) is 0 Å². The van der Waals surface area contributed by atoms with Gasteiger partial charge >= 0.3 is 0 Å². The number of ether oxygens (including phenoxy) is 2. The molecule has 0 radical (unpaired) electrons. The summed E-state index contributed by atoms with van der Waals surface area (Å²) in [5.41, 5.74) is 1.84. The first kappa shape index (κ1) is 25.1. The Morgan fingerprint density at radius 1 is 0.939 bits per heavy atom. The van der Waals surface area contributed by atoms with Crippen LogP contribution in [0.5, 0.6) is 11.5 Å². The van der Waals surface area contributed by atoms with E-state index in [1.807, 2.05) is 24.3 Å². The predicted octanol–water partition coefficient (Wildman–Crippen LogP) is 3.56. The number of methoxy groups -OCH3 is 2. The Balaban J connectivity index is 1.54. The Labute approximate surface area is 197 Å². The lowest BCUT2D eigenvalue weighted by atomic mass is 10.1. The first-order chi connectivity index (χ1) is 16.0. The number of carbonyl (C=O) groups excluding carboxylic acids is 1. The molecule has 0 aliphatic carbocycles. The second kappa shape index (κ2) is 12.0. The zero-order chi connectivity index (χ0) is 23.7. The van der Waals surface area contributed by atoms with Crippen LogP contribution in [0.3, 0.4) is 0 Å². The zero-order valence-corrected chi connectivity index (χ0v) is 20.3. The van der Waals surface area contributed by atoms with Crippen molar-refractivity contribution in [3.05, 3.63) is 53.6 Å². The largest absolute Gasteiger partial charge is 0.496 e. The van der Waals surface area contributed by atoms with Crippen molar-refractivity contribution >= 4 is 15.9 Å². The van der Waals surface area contributed by atoms with Gasteiger partial charge in [0.1, 0.15) is 11.5 Å². The minimum absolute atomic E-state index is 0.0682. The van der Waals surface area contributed by atoms with Gasteiger partial charge in [0.15, 0.2) is 0 Å². The number of hydrogen-bond donors (Lipinski definition) is 1. The van der Waals surface area contributed by atoms with Gasteiger partial charge in [-0.25, -0.2) is 8.42 Å². The lowest BCUT2D eigenvalue weighted by molar-refractivity contribution is -0.121. The van der Waals surface area contributed by atoms with Gasteiger partial charge in [-0.05, 0) is 67.5 Å². The van der Waals surface area contributed by atoms with Crippen LogP contribution in [0.25, 0.3) is 0 Å². The molecular weight excluding hydrogens is 440 g/mol. The third-order valence-corrected chi connectivity index (χ3v) is 7.86. The number of hydrogen-bond acceptors (Lipinski definition) is 5. The molecule has 1 saturated heterocycles. The fraction of sp³-hybridized carbons (Fsp3) is 0.480. The van der Waals surface area contributed by atoms with E-state index in [9.17, 15) is 13.2 Å². The molecule has 1 N–H and O–H groups in total. The number of rotatable bonds is 11. The Bertz CT molecular complexity index is 1030. The summed E-state index contributed by atoms with van der Waals surface area (Å²) in [4.78, 5) is 12.6. The molecule has 0 bridgehead atoms. The SMILES string of the molecule is COc1ccccc1CCCNC(=O)CCc1cc(S(=O)(=O)N2CCCCC2)ccc1OC. The van der Waals surface area contributed by atoms with Gasteiger partial charge in [-0.1, -0.05) is 24.6 Å². The highest BCUT2D eigenvalue weighted by atomic mass is 32.2. The third-order valence-electron chi connectivity index (χ3n) is 5.96. The van der Waals surface area contributed by atoms with Crippen molar-refractivity contribution in [2.24, 2.45) is 0 Å². The highest BCUT2D eigenvalue weighted by Gasteiger charge is 2.26. The van der Waals surface area contributed by atoms with Gasteiger partial charge in [0.25, 0.3) is 0 Å². The maximum absolute atomic E-state index is 13.0. The molecule has 7 nitrogen and oxygen atoms in total. The Kier molecular flexibility index (Phi) is 9.14. The van der Waals surface area contributed by atoms with E-state index < -0.39 is 10.0 Å². The molecule has 0 saturated carbocycles. The predicted molar refractivity (Wildman–Crippen MR) is 128 cm³/mol. The van der Waals surface area contributed by atoms with Crippen molar-refractivity contribution in [3.63, 3.8) is 0 Å². The van der Waals surface area contributed by atoms with Gasteiger partial charge in [0.05, 0.1) is 19.1 Å². The molecule has 0 aromatic heterocycles. The van der Waals surface area contributed by atoms with E-state index in [0.29, 0.717) is 31.8 Å². The van der Waals surface area contributed by atoms with Crippen LogP contribution in [0.1, 0.15) is 43.2 Å². The second-order valence-electron chi connectivity index (χ2n) is 8.20. The smallest absolute Gasteiger partial charge is 0.243 e. The van der Waals surface area contributed by atoms with Crippen LogP contribution in [0.2, 0.25) is 0 Å². The molecule has 1 amide bonds. The molecule has 1 aliphatic heterocycles. The van der Waals surface area contributed by atoms with E-state index in [1.165, 1.54) is 0 Å². The van der Waals surface area contributed by atoms with Gasteiger partial charge in [-0.2, -0.15) is 4.31 Å². The fourth-order valence-corrected chi connectivity index (χ4v) is 5.69. The molecule has 8 heteroatoms. The second-order valence-corrected chi connectivity index (χ2v) is 10.1. The topological polar surface area (TPSA) is 84.9 Å². The molecule has 2 aromatic carbocycles. The molecule has 33 heavy (non-hydrogen) atoms. The Morgan fingerprint density at radius 3 is 2.36 bits per heavy atom. The van der Waals surface area contributed by atoms with Crippen molar-refractivity contribution < 1.29 is 22.7 Å². The number of nitrogens with one attached hydrogen (secondary N) is 1. The quantitative estimate of drug-likeness (QED) is 0.504. The molecule has 3 rings (SSSR count). The van der Waals surface area contributed by atoms with Gasteiger partial charge in [0.2, 0.25) is 15.9 Å². The van der Waals surface area contributed by atoms with Gasteiger partial charge in [-0.15, -0.1) is 0 Å². The molecular formula is C25H34N2O5S. The molecule has 1 aliphatic rings. The van der Waals surface area contributed by atoms with E-state index in [0.717, 1.165) is 49.0 Å². The molecule has 1 fully saturated rings. The van der Waals surface area contributed by atoms with E-state index in [1.54, 1.807) is 36.7 Å². The first-order valence-electron chi connectivity index (χ1n) is 11.5. The molecule has 0 atom stereocenters. The monoisotopic (exact) mass is 474 g/mol. The summed E-state index contributed by atoms with van der Waals surface area (Å²) in [7, 11) is -0.325. The van der Waals surface area contributed by atoms with Crippen LogP contribution >= 0.6 is 0 Å². The number of para-hydroxylation sites is 1. The van der Waals surface area contributed by atoms with Gasteiger partial charge in [-0.3, -0.25) is 4.79 Å². The average Bonchev–Trinajstić information content (AvgIpc) is 2.85. The maximum Gasteiger partial charge on any atom is 0.243 e. The summed E-state index contributed by atoms with van der Waals surface area (Å²) in [5.74, 6) is 1.38. The summed E-state index contributed by atoms with van der Waals surface area (Å²) in [6.07, 6.45) is 5.13. The van der Waals surface area contributed by atoms with Crippen LogP contribution in [-0.2, 0) is 27.7 Å². The van der Waals surface area contributed by atoms with E-state index in [-0.39, 0.29) is 17.2 Å². The fourth-order valence-electron chi connectivity index (χ4n) is 4.12. The molecule has 180 valence electrons. The van der Waals surface area contributed by atoms with Gasteiger partial charge in [0, 0.05) is 26.1 Å². The van der Waals surface area contributed by atoms with Crippen molar-refractivity contribution in [2.75, 3.05) is 33.9 Å². The van der Waals surface area contributed by atoms with Crippen LogP contribution in [-0.4, -0.2) is 52.5 Å².